The minimum absolute atomic E-state index is 0.0162. The molecule has 0 aliphatic heterocycles. The summed E-state index contributed by atoms with van der Waals surface area (Å²) in [6.45, 7) is 8.73. The molecule has 0 unspecified atom stereocenters. The molecule has 0 bridgehead atoms. The lowest BCUT2D eigenvalue weighted by Crippen LogP contribution is -2.32. The van der Waals surface area contributed by atoms with Crippen molar-refractivity contribution in [2.45, 2.75) is 38.5 Å². The first-order chi connectivity index (χ1) is 25.5. The summed E-state index contributed by atoms with van der Waals surface area (Å²) in [5, 5.41) is 41.7. The Bertz CT molecular complexity index is 2450. The van der Waals surface area contributed by atoms with E-state index in [0.29, 0.717) is 25.5 Å². The second kappa shape index (κ2) is 15.1. The quantitative estimate of drug-likeness (QED) is 0.104. The van der Waals surface area contributed by atoms with Crippen molar-refractivity contribution < 1.29 is 19.9 Å². The van der Waals surface area contributed by atoms with Crippen molar-refractivity contribution in [3.63, 3.8) is 0 Å². The molecule has 0 heterocycles. The molecule has 2 aliphatic rings. The maximum atomic E-state index is 11.6. The molecule has 6 aromatic carbocycles. The van der Waals surface area contributed by atoms with Crippen molar-refractivity contribution >= 4 is 63.1 Å². The van der Waals surface area contributed by atoms with Crippen LogP contribution in [0.5, 0.6) is 0 Å². The highest BCUT2D eigenvalue weighted by molar-refractivity contribution is 9.10. The van der Waals surface area contributed by atoms with Crippen LogP contribution in [0.25, 0.3) is 33.4 Å². The number of fused-ring (bicyclic) bond motifs is 6. The molecule has 0 saturated heterocycles. The minimum Gasteiger partial charge on any atom is -0.423 e. The topological polar surface area (TPSA) is 127 Å². The largest absolute Gasteiger partial charge is 0.489 e. The van der Waals surface area contributed by atoms with Crippen LogP contribution in [-0.2, 0) is 10.8 Å². The van der Waals surface area contributed by atoms with Crippen LogP contribution in [0.1, 0.15) is 49.9 Å². The third kappa shape index (κ3) is 7.08. The van der Waals surface area contributed by atoms with Gasteiger partial charge in [-0.2, -0.15) is 0 Å². The molecule has 8 rings (SSSR count). The van der Waals surface area contributed by atoms with Crippen LogP contribution in [0.15, 0.2) is 126 Å². The highest BCUT2D eigenvalue weighted by Gasteiger charge is 2.38. The number of nitro benzene ring substituents is 2. The fraction of sp³-hybridized carbons (Fsp3) is 0.143. The van der Waals surface area contributed by atoms with Crippen LogP contribution in [0.2, 0.25) is 10.0 Å². The second-order valence-electron chi connectivity index (χ2n) is 14.0. The molecule has 0 saturated carbocycles. The number of nitro groups is 2. The summed E-state index contributed by atoms with van der Waals surface area (Å²) in [6.07, 6.45) is 0. The first-order valence-corrected chi connectivity index (χ1v) is 18.5. The highest BCUT2D eigenvalue weighted by atomic mass is 79.9. The molecule has 0 spiro atoms. The summed E-state index contributed by atoms with van der Waals surface area (Å²) < 4.78 is 0.437. The predicted molar refractivity (Wildman–Crippen MR) is 221 cm³/mol. The molecule has 0 fully saturated rings. The summed E-state index contributed by atoms with van der Waals surface area (Å²) >= 11 is 14.6. The Morgan fingerprint density at radius 3 is 1.54 bits per heavy atom. The normalized spacial score (nSPS) is 13.5. The predicted octanol–water partition coefficient (Wildman–Crippen LogP) is 10.9. The summed E-state index contributed by atoms with van der Waals surface area (Å²) in [6, 6.07) is 37.5. The van der Waals surface area contributed by atoms with Crippen molar-refractivity contribution in [2.24, 2.45) is 0 Å². The van der Waals surface area contributed by atoms with Crippen molar-refractivity contribution in [2.75, 3.05) is 0 Å². The Kier molecular flexibility index (Phi) is 10.9. The lowest BCUT2D eigenvalue weighted by molar-refractivity contribution is -0.385. The maximum absolute atomic E-state index is 11.6. The van der Waals surface area contributed by atoms with Crippen molar-refractivity contribution in [1.82, 2.24) is 0 Å². The third-order valence-electron chi connectivity index (χ3n) is 10.1. The molecule has 2 N–H and O–H groups in total. The summed E-state index contributed by atoms with van der Waals surface area (Å²) in [5.41, 5.74) is 11.0. The van der Waals surface area contributed by atoms with E-state index in [1.54, 1.807) is 30.3 Å². The molecule has 272 valence electrons. The Labute approximate surface area is 331 Å². The van der Waals surface area contributed by atoms with E-state index in [1.807, 2.05) is 42.5 Å². The third-order valence-corrected chi connectivity index (χ3v) is 11.2. The van der Waals surface area contributed by atoms with E-state index >= 15 is 0 Å². The molecule has 0 radical (unpaired) electrons. The van der Waals surface area contributed by atoms with Crippen molar-refractivity contribution in [3.05, 3.63) is 178 Å². The van der Waals surface area contributed by atoms with E-state index in [2.05, 4.69) is 80.0 Å². The van der Waals surface area contributed by atoms with Crippen LogP contribution in [0.3, 0.4) is 0 Å². The first-order valence-electron chi connectivity index (χ1n) is 16.9. The summed E-state index contributed by atoms with van der Waals surface area (Å²) in [4.78, 5) is 21.0. The SMILES string of the molecule is CC1(C)c2ccccc2-c2c(-c3ccc(Cl)cc3[N+](=O)[O-])cccc21.CC1(C)c2ccccc2-c2c(B(O)O)cccc21.O=[N+]([O-])c1cc(Cl)ccc1Br. The number of benzene rings is 6. The van der Waals surface area contributed by atoms with Crippen molar-refractivity contribution in [3.8, 4) is 33.4 Å². The molecule has 12 heteroatoms. The van der Waals surface area contributed by atoms with Gasteiger partial charge in [0.25, 0.3) is 11.4 Å². The van der Waals surface area contributed by atoms with Gasteiger partial charge in [0.05, 0.1) is 19.9 Å². The number of hydrogen-bond acceptors (Lipinski definition) is 6. The van der Waals surface area contributed by atoms with E-state index in [1.165, 1.54) is 28.8 Å². The van der Waals surface area contributed by atoms with E-state index in [-0.39, 0.29) is 27.1 Å². The monoisotopic (exact) mass is 822 g/mol. The van der Waals surface area contributed by atoms with Gasteiger partial charge in [-0.1, -0.05) is 136 Å². The van der Waals surface area contributed by atoms with Gasteiger partial charge in [-0.3, -0.25) is 20.2 Å². The molecular weight excluding hydrogens is 790 g/mol. The molecule has 0 atom stereocenters. The number of rotatable bonds is 4. The van der Waals surface area contributed by atoms with E-state index in [4.69, 9.17) is 23.2 Å². The van der Waals surface area contributed by atoms with Crippen LogP contribution in [-0.4, -0.2) is 27.0 Å². The second-order valence-corrected chi connectivity index (χ2v) is 15.7. The van der Waals surface area contributed by atoms with Crippen molar-refractivity contribution in [1.29, 1.82) is 0 Å². The molecule has 6 aromatic rings. The van der Waals surface area contributed by atoms with Gasteiger partial charge in [0.15, 0.2) is 0 Å². The molecule has 0 amide bonds. The Balaban J connectivity index is 0.000000150. The zero-order chi connectivity index (χ0) is 39.1. The summed E-state index contributed by atoms with van der Waals surface area (Å²) in [5.74, 6) is 0. The molecule has 2 aliphatic carbocycles. The maximum Gasteiger partial charge on any atom is 0.489 e. The van der Waals surface area contributed by atoms with Crippen LogP contribution in [0, 0.1) is 20.2 Å². The van der Waals surface area contributed by atoms with Gasteiger partial charge < -0.3 is 10.0 Å². The highest BCUT2D eigenvalue weighted by Crippen LogP contribution is 2.53. The Hall–Kier alpha value is -4.84. The van der Waals surface area contributed by atoms with Gasteiger partial charge >= 0.3 is 7.12 Å². The number of halogens is 3. The Morgan fingerprint density at radius 1 is 0.556 bits per heavy atom. The fourth-order valence-electron chi connectivity index (χ4n) is 7.49. The van der Waals surface area contributed by atoms with Crippen LogP contribution >= 0.6 is 39.1 Å². The van der Waals surface area contributed by atoms with Gasteiger partial charge in [-0.05, 0) is 95.7 Å². The molecule has 0 aromatic heterocycles. The lowest BCUT2D eigenvalue weighted by Gasteiger charge is -2.21. The van der Waals surface area contributed by atoms with Crippen LogP contribution in [0.4, 0.5) is 11.4 Å². The van der Waals surface area contributed by atoms with Gasteiger partial charge in [-0.25, -0.2) is 0 Å². The number of nitrogens with zero attached hydrogens (tertiary/aromatic N) is 2. The standard InChI is InChI=1S/C21H16ClNO2.C15H15BO2.C6H3BrClNO2/c1-21(2)17-8-4-3-6-16(17)20-15(7-5-9-18(20)21)14-11-10-13(22)12-19(14)23(24)25;1-15(2)11-7-4-3-6-10(11)14-12(15)8-5-9-13(14)16(17)18;7-5-2-1-4(8)3-6(5)9(10)11/h3-12H,1-2H3;3-9,17-18H,1-2H3;1-3H. The van der Waals surface area contributed by atoms with Crippen LogP contribution < -0.4 is 5.46 Å². The van der Waals surface area contributed by atoms with Gasteiger partial charge in [0.1, 0.15) is 0 Å². The smallest absolute Gasteiger partial charge is 0.423 e. The summed E-state index contributed by atoms with van der Waals surface area (Å²) in [7, 11) is -1.43. The van der Waals surface area contributed by atoms with Gasteiger partial charge in [0, 0.05) is 33.0 Å². The van der Waals surface area contributed by atoms with Gasteiger partial charge in [-0.15, -0.1) is 0 Å². The first kappa shape index (κ1) is 38.9. The number of hydrogen-bond donors (Lipinski definition) is 2. The average molecular weight is 824 g/mol. The minimum atomic E-state index is -1.43. The molecular formula is C42H34BBrCl2N2O6. The molecule has 54 heavy (non-hydrogen) atoms. The van der Waals surface area contributed by atoms with E-state index in [9.17, 15) is 30.3 Å². The molecule has 8 nitrogen and oxygen atoms in total. The van der Waals surface area contributed by atoms with E-state index in [0.717, 1.165) is 33.4 Å². The fourth-order valence-corrected chi connectivity index (χ4v) is 8.21. The van der Waals surface area contributed by atoms with E-state index < -0.39 is 12.0 Å². The average Bonchev–Trinajstić information content (AvgIpc) is 3.53. The van der Waals surface area contributed by atoms with Gasteiger partial charge in [0.2, 0.25) is 0 Å². The Morgan fingerprint density at radius 2 is 1.00 bits per heavy atom. The zero-order valence-corrected chi connectivity index (χ0v) is 32.8. The lowest BCUT2D eigenvalue weighted by atomic mass is 9.74. The zero-order valence-electron chi connectivity index (χ0n) is 29.7.